The number of nitrogens with two attached hydrogens (primary N) is 1. The lowest BCUT2D eigenvalue weighted by Gasteiger charge is -2.22. The van der Waals surface area contributed by atoms with Crippen molar-refractivity contribution in [2.24, 2.45) is 5.73 Å². The van der Waals surface area contributed by atoms with Gasteiger partial charge in [0.1, 0.15) is 5.00 Å². The molecule has 2 aromatic rings. The number of hydrogen-bond donors (Lipinski definition) is 2. The van der Waals surface area contributed by atoms with Crippen LogP contribution in [0.1, 0.15) is 32.1 Å². The van der Waals surface area contributed by atoms with Crippen molar-refractivity contribution in [3.63, 3.8) is 0 Å². The molecule has 2 unspecified atom stereocenters. The highest BCUT2D eigenvalue weighted by Gasteiger charge is 2.21. The monoisotopic (exact) mass is 261 g/mol. The van der Waals surface area contributed by atoms with Gasteiger partial charge >= 0.3 is 0 Å². The lowest BCUT2D eigenvalue weighted by molar-refractivity contribution is 0.529. The van der Waals surface area contributed by atoms with Crippen molar-refractivity contribution in [1.29, 1.82) is 0 Å². The van der Waals surface area contributed by atoms with Gasteiger partial charge in [-0.25, -0.2) is 0 Å². The molecule has 0 bridgehead atoms. The van der Waals surface area contributed by atoms with Crippen LogP contribution >= 0.6 is 11.5 Å². The first kappa shape index (κ1) is 11.9. The van der Waals surface area contributed by atoms with Crippen molar-refractivity contribution >= 4 is 27.4 Å². The number of benzene rings is 1. The van der Waals surface area contributed by atoms with Crippen LogP contribution in [-0.2, 0) is 0 Å². The predicted molar refractivity (Wildman–Crippen MR) is 78.1 cm³/mol. The molecule has 2 atom stereocenters. The Bertz CT molecular complexity index is 522. The lowest BCUT2D eigenvalue weighted by Crippen LogP contribution is -2.39. The normalized spacial score (nSPS) is 24.9. The van der Waals surface area contributed by atoms with Gasteiger partial charge in [-0.3, -0.25) is 0 Å². The molecule has 1 aliphatic carbocycles. The smallest absolute Gasteiger partial charge is 0.117 e. The summed E-state index contributed by atoms with van der Waals surface area (Å²) < 4.78 is 4.47. The third kappa shape index (κ3) is 2.35. The van der Waals surface area contributed by atoms with Gasteiger partial charge in [0.05, 0.1) is 5.52 Å². The maximum absolute atomic E-state index is 6.26. The Morgan fingerprint density at radius 1 is 1.17 bits per heavy atom. The summed E-state index contributed by atoms with van der Waals surface area (Å²) in [7, 11) is 0. The van der Waals surface area contributed by atoms with E-state index < -0.39 is 0 Å². The highest BCUT2D eigenvalue weighted by atomic mass is 32.1. The highest BCUT2D eigenvalue weighted by Crippen LogP contribution is 2.30. The zero-order chi connectivity index (χ0) is 12.4. The molecular weight excluding hydrogens is 242 g/mol. The standard InChI is InChI=1S/C14H19N3S/c15-11-7-2-1-3-9-13(11)16-14-10-6-4-5-8-12(10)17-18-14/h4-6,8,11,13,16H,1-3,7,9,15H2. The molecule has 3 nitrogen and oxygen atoms in total. The molecule has 1 saturated carbocycles. The van der Waals surface area contributed by atoms with E-state index >= 15 is 0 Å². The first-order valence-electron chi connectivity index (χ1n) is 6.71. The first-order valence-corrected chi connectivity index (χ1v) is 7.48. The molecule has 4 heteroatoms. The molecule has 0 aliphatic heterocycles. The third-order valence-corrected chi connectivity index (χ3v) is 4.58. The number of nitrogens with one attached hydrogen (secondary N) is 1. The number of fused-ring (bicyclic) bond motifs is 1. The van der Waals surface area contributed by atoms with Gasteiger partial charge in [-0.1, -0.05) is 31.4 Å². The van der Waals surface area contributed by atoms with E-state index in [-0.39, 0.29) is 6.04 Å². The Morgan fingerprint density at radius 2 is 2.00 bits per heavy atom. The Morgan fingerprint density at radius 3 is 2.94 bits per heavy atom. The van der Waals surface area contributed by atoms with E-state index in [1.54, 1.807) is 11.5 Å². The quantitative estimate of drug-likeness (QED) is 0.815. The molecule has 0 spiro atoms. The van der Waals surface area contributed by atoms with Crippen LogP contribution in [0.4, 0.5) is 5.00 Å². The second-order valence-corrected chi connectivity index (χ2v) is 5.85. The minimum Gasteiger partial charge on any atom is -0.371 e. The topological polar surface area (TPSA) is 50.9 Å². The summed E-state index contributed by atoms with van der Waals surface area (Å²) in [5.74, 6) is 0. The molecule has 3 N–H and O–H groups in total. The summed E-state index contributed by atoms with van der Waals surface area (Å²) in [6, 6.07) is 8.95. The van der Waals surface area contributed by atoms with Gasteiger partial charge in [-0.05, 0) is 36.5 Å². The van der Waals surface area contributed by atoms with Gasteiger partial charge in [-0.2, -0.15) is 4.37 Å². The van der Waals surface area contributed by atoms with Gasteiger partial charge < -0.3 is 11.1 Å². The van der Waals surface area contributed by atoms with Crippen LogP contribution < -0.4 is 11.1 Å². The van der Waals surface area contributed by atoms with Crippen molar-refractivity contribution in [3.8, 4) is 0 Å². The minimum atomic E-state index is 0.272. The maximum Gasteiger partial charge on any atom is 0.117 e. The van der Waals surface area contributed by atoms with Crippen LogP contribution in [0.2, 0.25) is 0 Å². The van der Waals surface area contributed by atoms with Crippen LogP contribution in [0.25, 0.3) is 10.9 Å². The molecule has 1 heterocycles. The zero-order valence-electron chi connectivity index (χ0n) is 10.4. The van der Waals surface area contributed by atoms with E-state index in [0.717, 1.165) is 11.9 Å². The molecular formula is C14H19N3S. The molecule has 3 rings (SSSR count). The van der Waals surface area contributed by atoms with E-state index in [2.05, 4.69) is 27.9 Å². The van der Waals surface area contributed by atoms with Crippen LogP contribution in [-0.4, -0.2) is 16.5 Å². The fourth-order valence-electron chi connectivity index (χ4n) is 2.68. The fourth-order valence-corrected chi connectivity index (χ4v) is 3.50. The minimum absolute atomic E-state index is 0.272. The van der Waals surface area contributed by atoms with Gasteiger partial charge in [-0.15, -0.1) is 0 Å². The van der Waals surface area contributed by atoms with Gasteiger partial charge in [0.25, 0.3) is 0 Å². The summed E-state index contributed by atoms with van der Waals surface area (Å²) in [5.41, 5.74) is 7.34. The Balaban J connectivity index is 1.82. The summed E-state index contributed by atoms with van der Waals surface area (Å²) >= 11 is 1.55. The Labute approximate surface area is 112 Å². The van der Waals surface area contributed by atoms with E-state index in [9.17, 15) is 0 Å². The van der Waals surface area contributed by atoms with Crippen molar-refractivity contribution in [3.05, 3.63) is 24.3 Å². The molecule has 0 amide bonds. The predicted octanol–water partition coefficient (Wildman–Crippen LogP) is 3.37. The number of nitrogens with zero attached hydrogens (tertiary/aromatic N) is 1. The fraction of sp³-hybridized carbons (Fsp3) is 0.500. The van der Waals surface area contributed by atoms with E-state index in [0.29, 0.717) is 6.04 Å². The average Bonchev–Trinajstić information content (AvgIpc) is 2.69. The maximum atomic E-state index is 6.26. The van der Waals surface area contributed by atoms with E-state index in [4.69, 9.17) is 5.73 Å². The largest absolute Gasteiger partial charge is 0.371 e. The Kier molecular flexibility index (Phi) is 3.48. The molecule has 1 aromatic carbocycles. The summed E-state index contributed by atoms with van der Waals surface area (Å²) in [6.07, 6.45) is 6.17. The number of rotatable bonds is 2. The lowest BCUT2D eigenvalue weighted by atomic mass is 10.0. The third-order valence-electron chi connectivity index (χ3n) is 3.77. The SMILES string of the molecule is NC1CCCCCC1Nc1snc2ccccc12. The number of hydrogen-bond acceptors (Lipinski definition) is 4. The van der Waals surface area contributed by atoms with Crippen molar-refractivity contribution in [2.75, 3.05) is 5.32 Å². The molecule has 1 aliphatic rings. The highest BCUT2D eigenvalue weighted by molar-refractivity contribution is 7.11. The van der Waals surface area contributed by atoms with Crippen molar-refractivity contribution in [2.45, 2.75) is 44.2 Å². The van der Waals surface area contributed by atoms with Crippen LogP contribution in [0.5, 0.6) is 0 Å². The summed E-state index contributed by atoms with van der Waals surface area (Å²) in [6.45, 7) is 0. The number of aromatic nitrogens is 1. The van der Waals surface area contributed by atoms with Crippen LogP contribution in [0, 0.1) is 0 Å². The van der Waals surface area contributed by atoms with Gasteiger partial charge in [0.2, 0.25) is 0 Å². The van der Waals surface area contributed by atoms with Crippen molar-refractivity contribution < 1.29 is 0 Å². The van der Waals surface area contributed by atoms with Crippen molar-refractivity contribution in [1.82, 2.24) is 4.37 Å². The second-order valence-electron chi connectivity index (χ2n) is 5.08. The zero-order valence-corrected chi connectivity index (χ0v) is 11.2. The van der Waals surface area contributed by atoms with Gasteiger partial charge in [0.15, 0.2) is 0 Å². The average molecular weight is 261 g/mol. The molecule has 18 heavy (non-hydrogen) atoms. The second kappa shape index (κ2) is 5.24. The molecule has 1 aromatic heterocycles. The summed E-state index contributed by atoms with van der Waals surface area (Å²) in [5, 5.41) is 6.02. The molecule has 0 saturated heterocycles. The van der Waals surface area contributed by atoms with E-state index in [1.165, 1.54) is 36.1 Å². The molecule has 1 fully saturated rings. The Hall–Kier alpha value is -1.13. The van der Waals surface area contributed by atoms with E-state index in [1.807, 2.05) is 6.07 Å². The summed E-state index contributed by atoms with van der Waals surface area (Å²) in [4.78, 5) is 0. The first-order chi connectivity index (χ1) is 8.84. The van der Waals surface area contributed by atoms with Crippen LogP contribution in [0.15, 0.2) is 24.3 Å². The molecule has 96 valence electrons. The van der Waals surface area contributed by atoms with Crippen LogP contribution in [0.3, 0.4) is 0 Å². The number of anilines is 1. The molecule has 0 radical (unpaired) electrons. The van der Waals surface area contributed by atoms with Gasteiger partial charge in [0, 0.05) is 17.5 Å².